The molecule has 0 saturated carbocycles. The van der Waals surface area contributed by atoms with Gasteiger partial charge in [-0.15, -0.1) is 0 Å². The van der Waals surface area contributed by atoms with Crippen molar-refractivity contribution in [3.8, 4) is 11.5 Å². The minimum absolute atomic E-state index is 0.138. The summed E-state index contributed by atoms with van der Waals surface area (Å²) in [5, 5.41) is 32.4. The lowest BCUT2D eigenvalue weighted by molar-refractivity contribution is -0.384. The molecule has 4 aromatic rings. The highest BCUT2D eigenvalue weighted by molar-refractivity contribution is 6.03. The maximum atomic E-state index is 12.7. The molecule has 0 atom stereocenters. The fourth-order valence-corrected chi connectivity index (χ4v) is 2.84. The highest BCUT2D eigenvalue weighted by Crippen LogP contribution is 2.40. The third-order valence-electron chi connectivity index (χ3n) is 3.93. The van der Waals surface area contributed by atoms with E-state index in [0.29, 0.717) is 0 Å². The number of nitro benzene ring substituents is 1. The molecule has 0 bridgehead atoms. The largest absolute Gasteiger partial charge is 0.507 e. The molecule has 1 heterocycles. The summed E-state index contributed by atoms with van der Waals surface area (Å²) < 4.78 is 5.53. The van der Waals surface area contributed by atoms with Gasteiger partial charge in [-0.3, -0.25) is 14.9 Å². The molecular formula is C17H9NO6. The third kappa shape index (κ3) is 1.81. The molecule has 24 heavy (non-hydrogen) atoms. The van der Waals surface area contributed by atoms with Gasteiger partial charge < -0.3 is 14.6 Å². The fourth-order valence-electron chi connectivity index (χ4n) is 2.84. The molecule has 1 aromatic heterocycles. The minimum atomic E-state index is -0.854. The highest BCUT2D eigenvalue weighted by atomic mass is 16.6. The molecule has 4 rings (SSSR count). The molecule has 2 N–H and O–H groups in total. The van der Waals surface area contributed by atoms with Gasteiger partial charge >= 0.3 is 5.69 Å². The van der Waals surface area contributed by atoms with Crippen LogP contribution in [0, 0.1) is 10.1 Å². The molecule has 7 nitrogen and oxygen atoms in total. The highest BCUT2D eigenvalue weighted by Gasteiger charge is 2.26. The fraction of sp³-hybridized carbons (Fsp3) is 0. The summed E-state index contributed by atoms with van der Waals surface area (Å²) in [6.07, 6.45) is 0. The molecular weight excluding hydrogens is 314 g/mol. The average Bonchev–Trinajstić information content (AvgIpc) is 2.52. The SMILES string of the molecule is O=c1c2cc3ccccc3cc2oc2c([N+](=O)[O-])c(O)cc(O)c12. The van der Waals surface area contributed by atoms with Crippen LogP contribution < -0.4 is 5.43 Å². The first-order valence-corrected chi connectivity index (χ1v) is 6.96. The lowest BCUT2D eigenvalue weighted by Gasteiger charge is -2.06. The molecule has 118 valence electrons. The number of hydrogen-bond acceptors (Lipinski definition) is 6. The summed E-state index contributed by atoms with van der Waals surface area (Å²) >= 11 is 0. The Labute approximate surface area is 133 Å². The molecule has 0 aliphatic heterocycles. The van der Waals surface area contributed by atoms with Gasteiger partial charge in [0.2, 0.25) is 16.8 Å². The predicted molar refractivity (Wildman–Crippen MR) is 87.5 cm³/mol. The Morgan fingerprint density at radius 3 is 2.33 bits per heavy atom. The van der Waals surface area contributed by atoms with E-state index < -0.39 is 33.1 Å². The molecule has 0 radical (unpaired) electrons. The molecule has 0 unspecified atom stereocenters. The summed E-state index contributed by atoms with van der Waals surface area (Å²) in [6, 6.07) is 11.2. The topological polar surface area (TPSA) is 114 Å². The lowest BCUT2D eigenvalue weighted by Crippen LogP contribution is -2.04. The molecule has 3 aromatic carbocycles. The van der Waals surface area contributed by atoms with Crippen molar-refractivity contribution < 1.29 is 19.6 Å². The summed E-state index contributed by atoms with van der Waals surface area (Å²) in [6.45, 7) is 0. The second kappa shape index (κ2) is 4.69. The molecule has 0 fully saturated rings. The Kier molecular flexibility index (Phi) is 2.74. The number of nitro groups is 1. The van der Waals surface area contributed by atoms with Crippen LogP contribution in [0.2, 0.25) is 0 Å². The van der Waals surface area contributed by atoms with Crippen molar-refractivity contribution in [1.29, 1.82) is 0 Å². The van der Waals surface area contributed by atoms with E-state index in [-0.39, 0.29) is 16.4 Å². The van der Waals surface area contributed by atoms with Gasteiger partial charge in [-0.2, -0.15) is 0 Å². The summed E-state index contributed by atoms with van der Waals surface area (Å²) in [4.78, 5) is 23.1. The van der Waals surface area contributed by atoms with Gasteiger partial charge in [-0.05, 0) is 22.9 Å². The van der Waals surface area contributed by atoms with Crippen molar-refractivity contribution in [3.63, 3.8) is 0 Å². The van der Waals surface area contributed by atoms with E-state index in [1.54, 1.807) is 12.1 Å². The number of fused-ring (bicyclic) bond motifs is 3. The molecule has 0 amide bonds. The number of hydrogen-bond donors (Lipinski definition) is 2. The van der Waals surface area contributed by atoms with Crippen LogP contribution >= 0.6 is 0 Å². The van der Waals surface area contributed by atoms with Crippen molar-refractivity contribution in [2.45, 2.75) is 0 Å². The van der Waals surface area contributed by atoms with E-state index in [9.17, 15) is 25.1 Å². The Morgan fingerprint density at radius 2 is 1.67 bits per heavy atom. The van der Waals surface area contributed by atoms with E-state index in [0.717, 1.165) is 16.8 Å². The normalized spacial score (nSPS) is 11.3. The van der Waals surface area contributed by atoms with E-state index in [2.05, 4.69) is 0 Å². The molecule has 0 saturated heterocycles. The number of benzene rings is 3. The summed E-state index contributed by atoms with van der Waals surface area (Å²) in [5.74, 6) is -1.34. The van der Waals surface area contributed by atoms with Crippen LogP contribution in [0.15, 0.2) is 51.7 Å². The molecule has 7 heteroatoms. The number of phenolic OH excluding ortho intramolecular Hbond substituents is 2. The van der Waals surface area contributed by atoms with Gasteiger partial charge in [0.1, 0.15) is 16.7 Å². The predicted octanol–water partition coefficient (Wildman–Crippen LogP) is 3.42. The number of aromatic hydroxyl groups is 2. The van der Waals surface area contributed by atoms with Gasteiger partial charge in [0.25, 0.3) is 0 Å². The number of rotatable bonds is 1. The van der Waals surface area contributed by atoms with E-state index in [4.69, 9.17) is 4.42 Å². The summed E-state index contributed by atoms with van der Waals surface area (Å²) in [7, 11) is 0. The van der Waals surface area contributed by atoms with Crippen LogP contribution in [-0.4, -0.2) is 15.1 Å². The van der Waals surface area contributed by atoms with Crippen LogP contribution in [0.4, 0.5) is 5.69 Å². The van der Waals surface area contributed by atoms with Gasteiger partial charge in [0.05, 0.1) is 10.3 Å². The Hall–Kier alpha value is -3.61. The van der Waals surface area contributed by atoms with Crippen molar-refractivity contribution in [3.05, 3.63) is 62.8 Å². The third-order valence-corrected chi connectivity index (χ3v) is 3.93. The van der Waals surface area contributed by atoms with Crippen molar-refractivity contribution in [1.82, 2.24) is 0 Å². The van der Waals surface area contributed by atoms with Gasteiger partial charge in [-0.1, -0.05) is 24.3 Å². The van der Waals surface area contributed by atoms with Crippen LogP contribution in [0.1, 0.15) is 0 Å². The van der Waals surface area contributed by atoms with Crippen molar-refractivity contribution >= 4 is 38.4 Å². The quantitative estimate of drug-likeness (QED) is 0.315. The zero-order valence-corrected chi connectivity index (χ0v) is 12.0. The minimum Gasteiger partial charge on any atom is -0.507 e. The van der Waals surface area contributed by atoms with Gasteiger partial charge in [-0.25, -0.2) is 0 Å². The maximum absolute atomic E-state index is 12.7. The summed E-state index contributed by atoms with van der Waals surface area (Å²) in [5.41, 5.74) is -1.67. The van der Waals surface area contributed by atoms with Crippen molar-refractivity contribution in [2.24, 2.45) is 0 Å². The Balaban J connectivity index is 2.30. The zero-order chi connectivity index (χ0) is 17.0. The van der Waals surface area contributed by atoms with Crippen molar-refractivity contribution in [2.75, 3.05) is 0 Å². The first-order valence-electron chi connectivity index (χ1n) is 6.96. The van der Waals surface area contributed by atoms with Crippen LogP contribution in [0.5, 0.6) is 11.5 Å². The number of phenols is 2. The molecule has 0 spiro atoms. The maximum Gasteiger partial charge on any atom is 0.353 e. The second-order valence-corrected chi connectivity index (χ2v) is 5.35. The van der Waals surface area contributed by atoms with Crippen LogP contribution in [0.25, 0.3) is 32.7 Å². The van der Waals surface area contributed by atoms with E-state index in [1.807, 2.05) is 24.3 Å². The Bertz CT molecular complexity index is 1220. The Morgan fingerprint density at radius 1 is 1.00 bits per heavy atom. The van der Waals surface area contributed by atoms with Gasteiger partial charge in [0, 0.05) is 6.07 Å². The van der Waals surface area contributed by atoms with Crippen LogP contribution in [0.3, 0.4) is 0 Å². The van der Waals surface area contributed by atoms with E-state index in [1.165, 1.54) is 0 Å². The van der Waals surface area contributed by atoms with Crippen LogP contribution in [-0.2, 0) is 0 Å². The van der Waals surface area contributed by atoms with E-state index >= 15 is 0 Å². The molecule has 0 aliphatic rings. The van der Waals surface area contributed by atoms with Gasteiger partial charge in [0.15, 0.2) is 0 Å². The number of nitrogens with zero attached hydrogens (tertiary/aromatic N) is 1. The average molecular weight is 323 g/mol. The monoisotopic (exact) mass is 323 g/mol. The lowest BCUT2D eigenvalue weighted by atomic mass is 10.0. The zero-order valence-electron chi connectivity index (χ0n) is 12.0. The molecule has 0 aliphatic carbocycles. The first-order chi connectivity index (χ1) is 11.5. The second-order valence-electron chi connectivity index (χ2n) is 5.35. The smallest absolute Gasteiger partial charge is 0.353 e. The standard InChI is InChI=1S/C17H9NO6/c19-11-7-12(20)15(18(22)23)17-14(11)16(21)10-5-8-3-1-2-4-9(8)6-13(10)24-17/h1-7,19-20H. The first kappa shape index (κ1) is 14.0.